The van der Waals surface area contributed by atoms with Gasteiger partial charge in [0.25, 0.3) is 10.0 Å². The normalized spacial score (nSPS) is 14.5. The summed E-state index contributed by atoms with van der Waals surface area (Å²) in [6.45, 7) is 1.89. The van der Waals surface area contributed by atoms with Gasteiger partial charge in [0.1, 0.15) is 0 Å². The molecule has 2 heterocycles. The van der Waals surface area contributed by atoms with Crippen LogP contribution in [-0.4, -0.2) is 54.7 Å². The molecule has 1 fully saturated rings. The zero-order valence-electron chi connectivity index (χ0n) is 17.8. The van der Waals surface area contributed by atoms with E-state index in [4.69, 9.17) is 0 Å². The van der Waals surface area contributed by atoms with Crippen molar-refractivity contribution in [1.82, 2.24) is 8.87 Å². The monoisotopic (exact) mass is 461 g/mol. The Morgan fingerprint density at radius 2 is 1.42 bits per heavy atom. The highest BCUT2D eigenvalue weighted by atomic mass is 32.2. The molecule has 168 valence electrons. The first-order chi connectivity index (χ1) is 16.0. The fourth-order valence-corrected chi connectivity index (χ4v) is 5.92. The molecule has 7 nitrogen and oxygen atoms in total. The SMILES string of the molecule is O=C(O)N1CCN(c2cccc3c2cc(-c2ccccc2)n3S(=O)(=O)c2ccccc2)CC1. The van der Waals surface area contributed by atoms with E-state index in [1.165, 1.54) is 8.87 Å². The van der Waals surface area contributed by atoms with Crippen molar-refractivity contribution >= 4 is 32.7 Å². The van der Waals surface area contributed by atoms with Crippen LogP contribution in [-0.2, 0) is 10.0 Å². The quantitative estimate of drug-likeness (QED) is 0.489. The molecule has 3 aromatic carbocycles. The molecular formula is C25H23N3O4S. The minimum Gasteiger partial charge on any atom is -0.465 e. The molecule has 0 bridgehead atoms. The second-order valence-electron chi connectivity index (χ2n) is 7.94. The van der Waals surface area contributed by atoms with Gasteiger partial charge in [-0.3, -0.25) is 0 Å². The van der Waals surface area contributed by atoms with Crippen LogP contribution < -0.4 is 4.90 Å². The first-order valence-electron chi connectivity index (χ1n) is 10.7. The predicted octanol–water partition coefficient (Wildman–Crippen LogP) is 4.35. The molecule has 0 spiro atoms. The molecule has 0 unspecified atom stereocenters. The molecule has 1 aliphatic rings. The Hall–Kier alpha value is -3.78. The van der Waals surface area contributed by atoms with Gasteiger partial charge in [-0.15, -0.1) is 0 Å². The maximum atomic E-state index is 13.8. The van der Waals surface area contributed by atoms with E-state index in [9.17, 15) is 18.3 Å². The van der Waals surface area contributed by atoms with Crippen molar-refractivity contribution in [3.05, 3.63) is 84.9 Å². The van der Waals surface area contributed by atoms with E-state index in [1.807, 2.05) is 54.6 Å². The minimum absolute atomic E-state index is 0.222. The number of fused-ring (bicyclic) bond motifs is 1. The number of amides is 1. The third-order valence-electron chi connectivity index (χ3n) is 6.02. The Morgan fingerprint density at radius 1 is 0.788 bits per heavy atom. The van der Waals surface area contributed by atoms with Crippen molar-refractivity contribution in [2.24, 2.45) is 0 Å². The van der Waals surface area contributed by atoms with Crippen molar-refractivity contribution in [2.75, 3.05) is 31.1 Å². The lowest BCUT2D eigenvalue weighted by molar-refractivity contribution is 0.142. The summed E-state index contributed by atoms with van der Waals surface area (Å²) in [4.78, 5) is 15.0. The molecule has 0 aliphatic carbocycles. The lowest BCUT2D eigenvalue weighted by Crippen LogP contribution is -2.48. The zero-order chi connectivity index (χ0) is 23.0. The number of piperazine rings is 1. The topological polar surface area (TPSA) is 82.8 Å². The number of benzene rings is 3. The van der Waals surface area contributed by atoms with Gasteiger partial charge >= 0.3 is 6.09 Å². The van der Waals surface area contributed by atoms with Crippen LogP contribution in [0.2, 0.25) is 0 Å². The smallest absolute Gasteiger partial charge is 0.407 e. The van der Waals surface area contributed by atoms with Crippen LogP contribution in [0.3, 0.4) is 0 Å². The Morgan fingerprint density at radius 3 is 2.06 bits per heavy atom. The number of anilines is 1. The van der Waals surface area contributed by atoms with Crippen LogP contribution in [0.1, 0.15) is 0 Å². The third kappa shape index (κ3) is 3.72. The molecule has 1 aliphatic heterocycles. The first kappa shape index (κ1) is 21.1. The molecule has 0 saturated carbocycles. The lowest BCUT2D eigenvalue weighted by Gasteiger charge is -2.35. The number of carbonyl (C=O) groups is 1. The maximum Gasteiger partial charge on any atom is 0.407 e. The zero-order valence-corrected chi connectivity index (χ0v) is 18.6. The molecule has 4 aromatic rings. The van der Waals surface area contributed by atoms with Gasteiger partial charge in [0, 0.05) is 37.3 Å². The van der Waals surface area contributed by atoms with Crippen LogP contribution in [0, 0.1) is 0 Å². The second kappa shape index (κ2) is 8.29. The summed E-state index contributed by atoms with van der Waals surface area (Å²) in [5.41, 5.74) is 2.88. The van der Waals surface area contributed by atoms with Crippen molar-refractivity contribution in [1.29, 1.82) is 0 Å². The standard InChI is InChI=1S/C25H23N3O4S/c29-25(30)27-16-14-26(15-17-27)22-12-7-13-23-21(22)18-24(19-8-3-1-4-9-19)28(23)33(31,32)20-10-5-2-6-11-20/h1-13,18H,14-17H2,(H,29,30). The average molecular weight is 462 g/mol. The molecule has 33 heavy (non-hydrogen) atoms. The summed E-state index contributed by atoms with van der Waals surface area (Å²) in [6, 6.07) is 25.5. The van der Waals surface area contributed by atoms with E-state index in [0.29, 0.717) is 37.4 Å². The summed E-state index contributed by atoms with van der Waals surface area (Å²) in [7, 11) is -3.86. The summed E-state index contributed by atoms with van der Waals surface area (Å²) in [6.07, 6.45) is -0.917. The van der Waals surface area contributed by atoms with Gasteiger partial charge in [0.15, 0.2) is 0 Å². The third-order valence-corrected chi connectivity index (χ3v) is 7.76. The Balaban J connectivity index is 1.70. The predicted molar refractivity (Wildman–Crippen MR) is 128 cm³/mol. The number of nitrogens with zero attached hydrogens (tertiary/aromatic N) is 3. The van der Waals surface area contributed by atoms with E-state index < -0.39 is 16.1 Å². The molecule has 1 aromatic heterocycles. The second-order valence-corrected chi connectivity index (χ2v) is 9.73. The molecule has 0 radical (unpaired) electrons. The molecular weight excluding hydrogens is 438 g/mol. The van der Waals surface area contributed by atoms with Gasteiger partial charge in [-0.25, -0.2) is 17.2 Å². The number of aromatic nitrogens is 1. The number of hydrogen-bond acceptors (Lipinski definition) is 4. The molecule has 1 saturated heterocycles. The highest BCUT2D eigenvalue weighted by Crippen LogP contribution is 2.37. The number of carboxylic acid groups (broad SMARTS) is 1. The van der Waals surface area contributed by atoms with Gasteiger partial charge in [-0.2, -0.15) is 0 Å². The molecule has 8 heteroatoms. The van der Waals surface area contributed by atoms with Crippen molar-refractivity contribution in [3.8, 4) is 11.3 Å². The van der Waals surface area contributed by atoms with Gasteiger partial charge in [0.05, 0.1) is 16.1 Å². The van der Waals surface area contributed by atoms with E-state index >= 15 is 0 Å². The first-order valence-corrected chi connectivity index (χ1v) is 12.1. The van der Waals surface area contributed by atoms with Gasteiger partial charge in [-0.05, 0) is 35.9 Å². The van der Waals surface area contributed by atoms with Gasteiger partial charge in [0.2, 0.25) is 0 Å². The maximum absolute atomic E-state index is 13.8. The van der Waals surface area contributed by atoms with Crippen LogP contribution in [0.4, 0.5) is 10.5 Å². The summed E-state index contributed by atoms with van der Waals surface area (Å²) in [5, 5.41) is 10.1. The van der Waals surface area contributed by atoms with E-state index in [1.54, 1.807) is 30.3 Å². The fraction of sp³-hybridized carbons (Fsp3) is 0.160. The molecule has 0 atom stereocenters. The highest BCUT2D eigenvalue weighted by molar-refractivity contribution is 7.90. The molecule has 1 N–H and O–H groups in total. The van der Waals surface area contributed by atoms with Crippen LogP contribution >= 0.6 is 0 Å². The Kier molecular flexibility index (Phi) is 5.30. The number of hydrogen-bond donors (Lipinski definition) is 1. The van der Waals surface area contributed by atoms with Crippen LogP contribution in [0.15, 0.2) is 89.8 Å². The lowest BCUT2D eigenvalue weighted by atomic mass is 10.1. The summed E-state index contributed by atoms with van der Waals surface area (Å²) < 4.78 is 29.0. The average Bonchev–Trinajstić information content (AvgIpc) is 3.26. The largest absolute Gasteiger partial charge is 0.465 e. The molecule has 5 rings (SSSR count). The molecule has 1 amide bonds. The summed E-state index contributed by atoms with van der Waals surface area (Å²) >= 11 is 0. The van der Waals surface area contributed by atoms with E-state index in [2.05, 4.69) is 4.90 Å². The van der Waals surface area contributed by atoms with Crippen LogP contribution in [0.5, 0.6) is 0 Å². The minimum atomic E-state index is -3.86. The van der Waals surface area contributed by atoms with Crippen molar-refractivity contribution in [2.45, 2.75) is 4.90 Å². The Bertz CT molecular complexity index is 1410. The van der Waals surface area contributed by atoms with E-state index in [-0.39, 0.29) is 4.90 Å². The number of rotatable bonds is 4. The summed E-state index contributed by atoms with van der Waals surface area (Å²) in [5.74, 6) is 0. The van der Waals surface area contributed by atoms with Gasteiger partial charge < -0.3 is 14.9 Å². The van der Waals surface area contributed by atoms with Crippen molar-refractivity contribution in [3.63, 3.8) is 0 Å². The van der Waals surface area contributed by atoms with Crippen LogP contribution in [0.25, 0.3) is 22.2 Å². The van der Waals surface area contributed by atoms with E-state index in [0.717, 1.165) is 16.6 Å². The van der Waals surface area contributed by atoms with Crippen molar-refractivity contribution < 1.29 is 18.3 Å². The Labute approximate surface area is 192 Å². The highest BCUT2D eigenvalue weighted by Gasteiger charge is 2.27. The fourth-order valence-electron chi connectivity index (χ4n) is 4.37. The van der Waals surface area contributed by atoms with Gasteiger partial charge in [-0.1, -0.05) is 54.6 Å².